The summed E-state index contributed by atoms with van der Waals surface area (Å²) >= 11 is 0. The molecule has 7 heteroatoms. The lowest BCUT2D eigenvalue weighted by molar-refractivity contribution is 0.975. The molecule has 0 radical (unpaired) electrons. The molecule has 7 nitrogen and oxygen atoms in total. The third kappa shape index (κ3) is 3.15. The lowest BCUT2D eigenvalue weighted by Crippen LogP contribution is -2.19. The molecule has 1 aliphatic heterocycles. The molecule has 1 aliphatic rings. The van der Waals surface area contributed by atoms with Crippen LogP contribution in [-0.2, 0) is 6.42 Å². The molecule has 124 valence electrons. The minimum atomic E-state index is -0.265. The molecule has 0 aliphatic carbocycles. The number of hydrogen-bond acceptors (Lipinski definition) is 5. The Balaban J connectivity index is 0.000000172. The van der Waals surface area contributed by atoms with Crippen molar-refractivity contribution in [2.45, 2.75) is 27.7 Å². The van der Waals surface area contributed by atoms with E-state index in [4.69, 9.17) is 0 Å². The van der Waals surface area contributed by atoms with Crippen LogP contribution < -0.4 is 11.1 Å². The second-order valence-corrected chi connectivity index (χ2v) is 5.18. The maximum atomic E-state index is 11.3. The van der Waals surface area contributed by atoms with E-state index in [-0.39, 0.29) is 18.5 Å². The van der Waals surface area contributed by atoms with Gasteiger partial charge in [-0.2, -0.15) is 0 Å². The Morgan fingerprint density at radius 2 is 1.79 bits per heavy atom. The van der Waals surface area contributed by atoms with Crippen LogP contribution in [-0.4, -0.2) is 26.4 Å². The molecule has 2 aromatic heterocycles. The van der Waals surface area contributed by atoms with Crippen LogP contribution in [0.4, 0.5) is 5.69 Å². The van der Waals surface area contributed by atoms with E-state index in [0.717, 1.165) is 29.1 Å². The molecular formula is C17H19N5O2. The van der Waals surface area contributed by atoms with Gasteiger partial charge < -0.3 is 0 Å². The lowest BCUT2D eigenvalue weighted by atomic mass is 10.1. The quantitative estimate of drug-likeness (QED) is 0.661. The minimum Gasteiger partial charge on any atom is -0.267 e. The number of fused-ring (bicyclic) bond motifs is 2. The number of nitrogens with zero attached hydrogens (tertiary/aromatic N) is 3. The topological polar surface area (TPSA) is 104 Å². The molecule has 3 heterocycles. The first-order chi connectivity index (χ1) is 11.1. The van der Waals surface area contributed by atoms with Gasteiger partial charge in [-0.15, -0.1) is 0 Å². The maximum Gasteiger partial charge on any atom is 0.270 e. The van der Waals surface area contributed by atoms with Crippen LogP contribution in [0, 0.1) is 13.8 Å². The number of nitrogens with one attached hydrogen (secondary N) is 2. The third-order valence-corrected chi connectivity index (χ3v) is 3.62. The number of aliphatic imine (C=N–C) groups is 1. The van der Waals surface area contributed by atoms with Gasteiger partial charge in [0, 0.05) is 12.6 Å². The van der Waals surface area contributed by atoms with Gasteiger partial charge in [-0.1, -0.05) is 19.6 Å². The number of rotatable bonds is 0. The molecule has 0 atom stereocenters. The Morgan fingerprint density at radius 3 is 2.50 bits per heavy atom. The fourth-order valence-corrected chi connectivity index (χ4v) is 2.46. The Morgan fingerprint density at radius 1 is 1.04 bits per heavy atom. The van der Waals surface area contributed by atoms with Gasteiger partial charge in [0.1, 0.15) is 12.0 Å². The summed E-state index contributed by atoms with van der Waals surface area (Å²) in [6, 6.07) is 5.19. The van der Waals surface area contributed by atoms with E-state index in [2.05, 4.69) is 25.2 Å². The summed E-state index contributed by atoms with van der Waals surface area (Å²) in [6.45, 7) is 3.75. The Bertz CT molecular complexity index is 1020. The summed E-state index contributed by atoms with van der Waals surface area (Å²) in [5.41, 5.74) is 3.27. The van der Waals surface area contributed by atoms with E-state index in [1.807, 2.05) is 13.1 Å². The monoisotopic (exact) mass is 325 g/mol. The maximum absolute atomic E-state index is 11.3. The van der Waals surface area contributed by atoms with Crippen LogP contribution in [0.5, 0.6) is 0 Å². The van der Waals surface area contributed by atoms with Crippen molar-refractivity contribution in [3.63, 3.8) is 0 Å². The van der Waals surface area contributed by atoms with E-state index in [1.165, 1.54) is 0 Å². The zero-order valence-corrected chi connectivity index (χ0v) is 12.8. The Hall–Kier alpha value is -3.09. The fraction of sp³-hybridized carbons (Fsp3) is 0.235. The number of aromatic amines is 2. The van der Waals surface area contributed by atoms with Crippen LogP contribution >= 0.6 is 0 Å². The number of aryl methyl sites for hydroxylation is 2. The van der Waals surface area contributed by atoms with Crippen molar-refractivity contribution in [1.29, 1.82) is 0 Å². The summed E-state index contributed by atoms with van der Waals surface area (Å²) in [7, 11) is 0. The molecule has 2 N–H and O–H groups in total. The van der Waals surface area contributed by atoms with Gasteiger partial charge >= 0.3 is 0 Å². The van der Waals surface area contributed by atoms with Gasteiger partial charge in [0.05, 0.1) is 22.2 Å². The average Bonchev–Trinajstić information content (AvgIpc) is 3.02. The summed E-state index contributed by atoms with van der Waals surface area (Å²) in [6.07, 6.45) is 4.31. The van der Waals surface area contributed by atoms with E-state index >= 15 is 0 Å². The Kier molecular flexibility index (Phi) is 5.03. The molecule has 0 fully saturated rings. The highest BCUT2D eigenvalue weighted by Gasteiger charge is 2.09. The summed E-state index contributed by atoms with van der Waals surface area (Å²) in [5, 5.41) is 5.47. The first kappa shape index (κ1) is 17.3. The van der Waals surface area contributed by atoms with Crippen molar-refractivity contribution >= 4 is 22.7 Å². The fourth-order valence-electron chi connectivity index (χ4n) is 2.46. The van der Waals surface area contributed by atoms with Gasteiger partial charge in [-0.05, 0) is 25.5 Å². The van der Waals surface area contributed by atoms with Gasteiger partial charge in [0.25, 0.3) is 11.1 Å². The van der Waals surface area contributed by atoms with Crippen molar-refractivity contribution in [3.8, 4) is 0 Å². The molecule has 1 aromatic carbocycles. The van der Waals surface area contributed by atoms with E-state index in [0.29, 0.717) is 10.8 Å². The molecule has 24 heavy (non-hydrogen) atoms. The second-order valence-electron chi connectivity index (χ2n) is 5.18. The van der Waals surface area contributed by atoms with Crippen molar-refractivity contribution in [1.82, 2.24) is 20.2 Å². The van der Waals surface area contributed by atoms with Crippen molar-refractivity contribution in [3.05, 3.63) is 62.2 Å². The first-order valence-corrected chi connectivity index (χ1v) is 7.11. The van der Waals surface area contributed by atoms with E-state index in [1.54, 1.807) is 31.5 Å². The van der Waals surface area contributed by atoms with Crippen LogP contribution in [0.15, 0.2) is 39.1 Å². The predicted molar refractivity (Wildman–Crippen MR) is 95.3 cm³/mol. The predicted octanol–water partition coefficient (Wildman–Crippen LogP) is 2.20. The molecule has 0 unspecified atom stereocenters. The highest BCUT2D eigenvalue weighted by Crippen LogP contribution is 2.23. The summed E-state index contributed by atoms with van der Waals surface area (Å²) in [5.74, 6) is 0. The smallest absolute Gasteiger partial charge is 0.267 e. The standard InChI is InChI=1S/C9H8N2O2.C7H7N3.CH4/c1-5-3-2-4-6-7(5)9(13)11-10-8(6)12;1-5-7-6(2-3-8-7)10-4-9-5;/h2-4H,1H3,(H,10,12)(H,11,13);3-4H,2H2,1H3;1H4. The van der Waals surface area contributed by atoms with Gasteiger partial charge in [0.2, 0.25) is 0 Å². The third-order valence-electron chi connectivity index (χ3n) is 3.62. The Labute approximate surface area is 138 Å². The molecular weight excluding hydrogens is 306 g/mol. The van der Waals surface area contributed by atoms with Crippen LogP contribution in [0.3, 0.4) is 0 Å². The molecule has 0 saturated heterocycles. The lowest BCUT2D eigenvalue weighted by Gasteiger charge is -1.97. The molecule has 0 bridgehead atoms. The largest absolute Gasteiger partial charge is 0.270 e. The zero-order chi connectivity index (χ0) is 16.4. The number of benzene rings is 1. The molecule has 4 rings (SSSR count). The minimum absolute atomic E-state index is 0. The normalized spacial score (nSPS) is 11.4. The van der Waals surface area contributed by atoms with Crippen LogP contribution in [0.1, 0.15) is 24.4 Å². The number of hydrogen-bond donors (Lipinski definition) is 2. The van der Waals surface area contributed by atoms with Crippen molar-refractivity contribution in [2.24, 2.45) is 4.99 Å². The number of aromatic nitrogens is 4. The molecule has 3 aromatic rings. The molecule has 0 saturated carbocycles. The molecule has 0 amide bonds. The van der Waals surface area contributed by atoms with Crippen molar-refractivity contribution in [2.75, 3.05) is 0 Å². The average molecular weight is 325 g/mol. The summed E-state index contributed by atoms with van der Waals surface area (Å²) < 4.78 is 0. The first-order valence-electron chi connectivity index (χ1n) is 7.11. The zero-order valence-electron chi connectivity index (χ0n) is 12.8. The highest BCUT2D eigenvalue weighted by atomic mass is 16.1. The van der Waals surface area contributed by atoms with Crippen LogP contribution in [0.25, 0.3) is 10.8 Å². The van der Waals surface area contributed by atoms with E-state index in [9.17, 15) is 9.59 Å². The summed E-state index contributed by atoms with van der Waals surface area (Å²) in [4.78, 5) is 34.8. The van der Waals surface area contributed by atoms with Crippen LogP contribution in [0.2, 0.25) is 0 Å². The second kappa shape index (κ2) is 6.99. The SMILES string of the molecule is C.Cc1cccc2c(=O)[nH][nH]c(=O)c12.Cc1ncnc2c1N=CC2. The molecule has 0 spiro atoms. The highest BCUT2D eigenvalue weighted by molar-refractivity contribution is 5.83. The van der Waals surface area contributed by atoms with E-state index < -0.39 is 0 Å². The van der Waals surface area contributed by atoms with Gasteiger partial charge in [0.15, 0.2) is 0 Å². The van der Waals surface area contributed by atoms with Gasteiger partial charge in [-0.25, -0.2) is 9.97 Å². The number of H-pyrrole nitrogens is 2. The van der Waals surface area contributed by atoms with Gasteiger partial charge in [-0.3, -0.25) is 24.8 Å². The van der Waals surface area contributed by atoms with Crippen molar-refractivity contribution < 1.29 is 0 Å².